The second kappa shape index (κ2) is 5.42. The Hall–Kier alpha value is -1.73. The lowest BCUT2D eigenvalue weighted by atomic mass is 9.94. The number of nitrogens with zero attached hydrogens (tertiary/aromatic N) is 2. The first-order chi connectivity index (χ1) is 11.1. The SMILES string of the molecule is Cn1c(=O)[nH]c2c3cc(Br)c(F)cc3nc(C3CCOCC3)c21. The highest BCUT2D eigenvalue weighted by atomic mass is 79.9. The van der Waals surface area contributed by atoms with Gasteiger partial charge in [0.1, 0.15) is 5.82 Å². The topological polar surface area (TPSA) is 59.9 Å². The van der Waals surface area contributed by atoms with Crippen molar-refractivity contribution >= 4 is 37.9 Å². The van der Waals surface area contributed by atoms with E-state index in [2.05, 4.69) is 20.9 Å². The van der Waals surface area contributed by atoms with Gasteiger partial charge in [0.2, 0.25) is 0 Å². The van der Waals surface area contributed by atoms with E-state index in [1.165, 1.54) is 6.07 Å². The van der Waals surface area contributed by atoms with Crippen LogP contribution in [-0.2, 0) is 11.8 Å². The summed E-state index contributed by atoms with van der Waals surface area (Å²) in [7, 11) is 1.73. The molecule has 120 valence electrons. The van der Waals surface area contributed by atoms with Crippen molar-refractivity contribution < 1.29 is 9.13 Å². The first-order valence-corrected chi connectivity index (χ1v) is 8.30. The van der Waals surface area contributed by atoms with E-state index >= 15 is 0 Å². The smallest absolute Gasteiger partial charge is 0.326 e. The summed E-state index contributed by atoms with van der Waals surface area (Å²) < 4.78 is 21.3. The highest BCUT2D eigenvalue weighted by Crippen LogP contribution is 2.34. The molecule has 0 aliphatic carbocycles. The Morgan fingerprint density at radius 3 is 2.87 bits per heavy atom. The van der Waals surface area contributed by atoms with Crippen molar-refractivity contribution in [3.8, 4) is 0 Å². The Morgan fingerprint density at radius 2 is 2.13 bits per heavy atom. The third-order valence-electron chi connectivity index (χ3n) is 4.51. The third-order valence-corrected chi connectivity index (χ3v) is 5.12. The van der Waals surface area contributed by atoms with Crippen LogP contribution in [0.15, 0.2) is 21.4 Å². The minimum absolute atomic E-state index is 0.192. The number of benzene rings is 1. The Morgan fingerprint density at radius 1 is 1.39 bits per heavy atom. The van der Waals surface area contributed by atoms with E-state index in [-0.39, 0.29) is 17.4 Å². The van der Waals surface area contributed by atoms with Gasteiger partial charge in [0, 0.05) is 37.6 Å². The third kappa shape index (κ3) is 2.30. The molecule has 1 saturated heterocycles. The molecule has 4 rings (SSSR count). The molecular weight excluding hydrogens is 365 g/mol. The second-order valence-electron chi connectivity index (χ2n) is 5.88. The van der Waals surface area contributed by atoms with Crippen LogP contribution in [-0.4, -0.2) is 27.7 Å². The maximum Gasteiger partial charge on any atom is 0.326 e. The molecule has 2 aromatic heterocycles. The van der Waals surface area contributed by atoms with Crippen molar-refractivity contribution in [2.75, 3.05) is 13.2 Å². The van der Waals surface area contributed by atoms with Gasteiger partial charge in [-0.1, -0.05) is 0 Å². The minimum Gasteiger partial charge on any atom is -0.381 e. The first-order valence-electron chi connectivity index (χ1n) is 7.51. The maximum absolute atomic E-state index is 13.9. The summed E-state index contributed by atoms with van der Waals surface area (Å²) in [6, 6.07) is 3.08. The lowest BCUT2D eigenvalue weighted by Gasteiger charge is -2.22. The first kappa shape index (κ1) is 14.8. The van der Waals surface area contributed by atoms with E-state index in [9.17, 15) is 9.18 Å². The summed E-state index contributed by atoms with van der Waals surface area (Å²) in [4.78, 5) is 19.7. The van der Waals surface area contributed by atoms with Crippen molar-refractivity contribution in [1.82, 2.24) is 14.5 Å². The number of hydrogen-bond donors (Lipinski definition) is 1. The van der Waals surface area contributed by atoms with Crippen LogP contribution in [0.3, 0.4) is 0 Å². The standard InChI is InChI=1S/C16H15BrFN3O2/c1-21-15-13(8-2-4-23-5-3-8)19-12-7-11(18)10(17)6-9(12)14(15)20-16(21)22/h6-8H,2-5H2,1H3,(H,20,22). The number of aryl methyl sites for hydroxylation is 1. The molecule has 0 atom stereocenters. The number of halogens is 2. The lowest BCUT2D eigenvalue weighted by molar-refractivity contribution is 0.0848. The quantitative estimate of drug-likeness (QED) is 0.705. The van der Waals surface area contributed by atoms with E-state index in [0.717, 1.165) is 29.4 Å². The molecule has 1 fully saturated rings. The van der Waals surface area contributed by atoms with Gasteiger partial charge in [-0.15, -0.1) is 0 Å². The molecule has 0 radical (unpaired) electrons. The fourth-order valence-electron chi connectivity index (χ4n) is 3.28. The summed E-state index contributed by atoms with van der Waals surface area (Å²) >= 11 is 3.20. The van der Waals surface area contributed by atoms with Crippen molar-refractivity contribution in [2.45, 2.75) is 18.8 Å². The molecule has 23 heavy (non-hydrogen) atoms. The fraction of sp³-hybridized carbons (Fsp3) is 0.375. The number of aromatic nitrogens is 3. The number of fused-ring (bicyclic) bond motifs is 3. The summed E-state index contributed by atoms with van der Waals surface area (Å²) in [6.45, 7) is 1.36. The predicted molar refractivity (Wildman–Crippen MR) is 89.3 cm³/mol. The molecule has 0 bridgehead atoms. The monoisotopic (exact) mass is 379 g/mol. The van der Waals surface area contributed by atoms with Crippen LogP contribution in [0, 0.1) is 5.82 Å². The molecule has 0 amide bonds. The summed E-state index contributed by atoms with van der Waals surface area (Å²) in [5.74, 6) is -0.149. The van der Waals surface area contributed by atoms with Gasteiger partial charge in [0.05, 0.1) is 26.7 Å². The van der Waals surface area contributed by atoms with Gasteiger partial charge in [0.25, 0.3) is 0 Å². The fourth-order valence-corrected chi connectivity index (χ4v) is 3.62. The van der Waals surface area contributed by atoms with E-state index in [1.54, 1.807) is 17.7 Å². The molecule has 1 aliphatic heterocycles. The molecule has 3 aromatic rings. The van der Waals surface area contributed by atoms with Crippen LogP contribution in [0.1, 0.15) is 24.5 Å². The van der Waals surface area contributed by atoms with Gasteiger partial charge in [0.15, 0.2) is 0 Å². The van der Waals surface area contributed by atoms with Crippen LogP contribution < -0.4 is 5.69 Å². The van der Waals surface area contributed by atoms with E-state index in [0.29, 0.717) is 28.7 Å². The van der Waals surface area contributed by atoms with Gasteiger partial charge in [-0.2, -0.15) is 0 Å². The van der Waals surface area contributed by atoms with E-state index < -0.39 is 0 Å². The Kier molecular flexibility index (Phi) is 3.50. The molecule has 3 heterocycles. The van der Waals surface area contributed by atoms with Crippen LogP contribution >= 0.6 is 15.9 Å². The minimum atomic E-state index is -0.361. The van der Waals surface area contributed by atoms with Gasteiger partial charge in [-0.05, 0) is 34.8 Å². The normalized spacial score (nSPS) is 16.5. The van der Waals surface area contributed by atoms with Gasteiger partial charge < -0.3 is 9.72 Å². The molecule has 0 saturated carbocycles. The molecule has 1 N–H and O–H groups in total. The largest absolute Gasteiger partial charge is 0.381 e. The second-order valence-corrected chi connectivity index (χ2v) is 6.73. The van der Waals surface area contributed by atoms with Crippen LogP contribution in [0.5, 0.6) is 0 Å². The zero-order valence-electron chi connectivity index (χ0n) is 12.5. The molecule has 5 nitrogen and oxygen atoms in total. The van der Waals surface area contributed by atoms with Crippen molar-refractivity contribution in [3.63, 3.8) is 0 Å². The number of hydrogen-bond acceptors (Lipinski definition) is 3. The summed E-state index contributed by atoms with van der Waals surface area (Å²) in [6.07, 6.45) is 1.71. The van der Waals surface area contributed by atoms with Crippen molar-refractivity contribution in [2.24, 2.45) is 7.05 Å². The average Bonchev–Trinajstić information content (AvgIpc) is 2.85. The van der Waals surface area contributed by atoms with E-state index in [1.807, 2.05) is 0 Å². The lowest BCUT2D eigenvalue weighted by Crippen LogP contribution is -2.17. The number of H-pyrrole nitrogens is 1. The zero-order chi connectivity index (χ0) is 16.1. The number of pyridine rings is 1. The van der Waals surface area contributed by atoms with Gasteiger partial charge in [-0.25, -0.2) is 9.18 Å². The molecule has 7 heteroatoms. The molecule has 1 aliphatic rings. The van der Waals surface area contributed by atoms with Crippen molar-refractivity contribution in [1.29, 1.82) is 0 Å². The summed E-state index contributed by atoms with van der Waals surface area (Å²) in [5.41, 5.74) is 2.72. The Labute approximate surface area is 139 Å². The molecular formula is C16H15BrFN3O2. The van der Waals surface area contributed by atoms with Crippen LogP contribution in [0.2, 0.25) is 0 Å². The zero-order valence-corrected chi connectivity index (χ0v) is 14.1. The number of nitrogens with one attached hydrogen (secondary N) is 1. The highest BCUT2D eigenvalue weighted by Gasteiger charge is 2.24. The number of aromatic amines is 1. The number of ether oxygens (including phenoxy) is 1. The van der Waals surface area contributed by atoms with Gasteiger partial charge in [-0.3, -0.25) is 9.55 Å². The van der Waals surface area contributed by atoms with Crippen molar-refractivity contribution in [3.05, 3.63) is 38.6 Å². The van der Waals surface area contributed by atoms with Crippen LogP contribution in [0.4, 0.5) is 4.39 Å². The maximum atomic E-state index is 13.9. The van der Waals surface area contributed by atoms with E-state index in [4.69, 9.17) is 9.72 Å². The number of imidazole rings is 1. The Balaban J connectivity index is 2.10. The molecule has 0 unspecified atom stereocenters. The predicted octanol–water partition coefficient (Wildman–Crippen LogP) is 3.21. The van der Waals surface area contributed by atoms with Crippen LogP contribution in [0.25, 0.3) is 21.9 Å². The highest BCUT2D eigenvalue weighted by molar-refractivity contribution is 9.10. The number of rotatable bonds is 1. The molecule has 0 spiro atoms. The molecule has 1 aromatic carbocycles. The van der Waals surface area contributed by atoms with Gasteiger partial charge >= 0.3 is 5.69 Å². The Bertz CT molecular complexity index is 973. The summed E-state index contributed by atoms with van der Waals surface area (Å²) in [5, 5.41) is 0.738. The average molecular weight is 380 g/mol.